The average molecular weight is 313 g/mol. The molecule has 0 bridgehead atoms. The van der Waals surface area contributed by atoms with E-state index in [1.165, 1.54) is 12.8 Å². The van der Waals surface area contributed by atoms with Crippen molar-refractivity contribution in [1.82, 2.24) is 5.32 Å². The number of halogens is 2. The Morgan fingerprint density at radius 1 is 1.45 bits per heavy atom. The van der Waals surface area contributed by atoms with Gasteiger partial charge in [0.1, 0.15) is 12.6 Å². The average Bonchev–Trinajstić information content (AvgIpc) is 3.23. The van der Waals surface area contributed by atoms with Crippen molar-refractivity contribution in [3.63, 3.8) is 0 Å². The summed E-state index contributed by atoms with van der Waals surface area (Å²) < 4.78 is 5.27. The van der Waals surface area contributed by atoms with Gasteiger partial charge in [0, 0.05) is 0 Å². The van der Waals surface area contributed by atoms with Crippen LogP contribution in [-0.2, 0) is 9.53 Å². The lowest BCUT2D eigenvalue weighted by atomic mass is 10.1. The molecule has 0 aromatic heterocycles. The van der Waals surface area contributed by atoms with E-state index in [0.29, 0.717) is 28.1 Å². The van der Waals surface area contributed by atoms with Gasteiger partial charge in [-0.25, -0.2) is 0 Å². The van der Waals surface area contributed by atoms with Crippen LogP contribution in [-0.4, -0.2) is 19.1 Å². The minimum atomic E-state index is -0.762. The zero-order valence-corrected chi connectivity index (χ0v) is 12.2. The summed E-state index contributed by atoms with van der Waals surface area (Å²) in [7, 11) is 0. The van der Waals surface area contributed by atoms with Gasteiger partial charge < -0.3 is 10.1 Å². The predicted molar refractivity (Wildman–Crippen MR) is 76.5 cm³/mol. The van der Waals surface area contributed by atoms with Crippen molar-refractivity contribution >= 4 is 29.1 Å². The standard InChI is InChI=1S/C14H14Cl2N2O2/c15-11-4-3-10(5-12(11)16)13(6-17)18-14(19)8-20-7-9-1-2-9/h3-5,9,13H,1-2,7-8H2,(H,18,19). The van der Waals surface area contributed by atoms with E-state index >= 15 is 0 Å². The lowest BCUT2D eigenvalue weighted by Crippen LogP contribution is -2.31. The number of hydrogen-bond donors (Lipinski definition) is 1. The Morgan fingerprint density at radius 2 is 2.20 bits per heavy atom. The molecule has 0 spiro atoms. The van der Waals surface area contributed by atoms with Crippen LogP contribution in [0.4, 0.5) is 0 Å². The summed E-state index contributed by atoms with van der Waals surface area (Å²) in [5.74, 6) is 0.285. The van der Waals surface area contributed by atoms with Crippen molar-refractivity contribution in [3.8, 4) is 6.07 Å². The predicted octanol–water partition coefficient (Wildman–Crippen LogP) is 3.10. The Labute approximate surface area is 127 Å². The third-order valence-electron chi connectivity index (χ3n) is 3.00. The molecule has 1 N–H and O–H groups in total. The lowest BCUT2D eigenvalue weighted by molar-refractivity contribution is -0.126. The van der Waals surface area contributed by atoms with Crippen LogP contribution in [0.15, 0.2) is 18.2 Å². The largest absolute Gasteiger partial charge is 0.371 e. The summed E-state index contributed by atoms with van der Waals surface area (Å²) >= 11 is 11.7. The number of ether oxygens (including phenoxy) is 1. The van der Waals surface area contributed by atoms with Crippen LogP contribution in [0.5, 0.6) is 0 Å². The first kappa shape index (κ1) is 15.1. The molecule has 4 nitrogen and oxygen atoms in total. The SMILES string of the molecule is N#CC(NC(=O)COCC1CC1)c1ccc(Cl)c(Cl)c1. The quantitative estimate of drug-likeness (QED) is 0.878. The number of amides is 1. The van der Waals surface area contributed by atoms with E-state index in [2.05, 4.69) is 5.32 Å². The number of carbonyl (C=O) groups excluding carboxylic acids is 1. The molecule has 0 radical (unpaired) electrons. The van der Waals surface area contributed by atoms with E-state index in [1.54, 1.807) is 18.2 Å². The Morgan fingerprint density at radius 3 is 2.80 bits per heavy atom. The van der Waals surface area contributed by atoms with Gasteiger partial charge in [-0.05, 0) is 36.5 Å². The molecule has 1 aliphatic carbocycles. The van der Waals surface area contributed by atoms with Crippen molar-refractivity contribution in [2.24, 2.45) is 5.92 Å². The van der Waals surface area contributed by atoms with Crippen molar-refractivity contribution in [1.29, 1.82) is 5.26 Å². The fourth-order valence-electron chi connectivity index (χ4n) is 1.69. The van der Waals surface area contributed by atoms with Gasteiger partial charge in [0.25, 0.3) is 0 Å². The number of benzene rings is 1. The fraction of sp³-hybridized carbons (Fsp3) is 0.429. The van der Waals surface area contributed by atoms with Crippen LogP contribution >= 0.6 is 23.2 Å². The molecule has 2 rings (SSSR count). The van der Waals surface area contributed by atoms with E-state index in [0.717, 1.165) is 0 Å². The molecule has 1 saturated carbocycles. The Hall–Kier alpha value is -1.28. The number of nitrogens with zero attached hydrogens (tertiary/aromatic N) is 1. The van der Waals surface area contributed by atoms with Gasteiger partial charge in [-0.1, -0.05) is 29.3 Å². The van der Waals surface area contributed by atoms with E-state index in [4.69, 9.17) is 33.2 Å². The molecule has 6 heteroatoms. The van der Waals surface area contributed by atoms with Crippen molar-refractivity contribution < 1.29 is 9.53 Å². The van der Waals surface area contributed by atoms with E-state index in [9.17, 15) is 4.79 Å². The van der Waals surface area contributed by atoms with Crippen LogP contribution in [0.1, 0.15) is 24.4 Å². The van der Waals surface area contributed by atoms with Crippen LogP contribution in [0.25, 0.3) is 0 Å². The molecular formula is C14H14Cl2N2O2. The number of nitriles is 1. The minimum Gasteiger partial charge on any atom is -0.371 e. The van der Waals surface area contributed by atoms with Gasteiger partial charge in [0.05, 0.1) is 22.7 Å². The highest BCUT2D eigenvalue weighted by atomic mass is 35.5. The summed E-state index contributed by atoms with van der Waals surface area (Å²) in [5.41, 5.74) is 0.595. The second-order valence-corrected chi connectivity index (χ2v) is 5.58. The fourth-order valence-corrected chi connectivity index (χ4v) is 1.99. The van der Waals surface area contributed by atoms with Gasteiger partial charge in [0.2, 0.25) is 5.91 Å². The van der Waals surface area contributed by atoms with E-state index in [-0.39, 0.29) is 12.5 Å². The molecule has 1 atom stereocenters. The van der Waals surface area contributed by atoms with Crippen LogP contribution in [0.2, 0.25) is 10.0 Å². The highest BCUT2D eigenvalue weighted by Crippen LogP contribution is 2.28. The maximum atomic E-state index is 11.7. The first-order chi connectivity index (χ1) is 9.60. The molecule has 1 unspecified atom stereocenters. The molecule has 0 saturated heterocycles. The molecule has 1 aromatic rings. The first-order valence-electron chi connectivity index (χ1n) is 6.32. The number of carbonyl (C=O) groups is 1. The zero-order valence-electron chi connectivity index (χ0n) is 10.7. The number of nitrogens with one attached hydrogen (secondary N) is 1. The van der Waals surface area contributed by atoms with Gasteiger partial charge in [-0.2, -0.15) is 5.26 Å². The van der Waals surface area contributed by atoms with Crippen LogP contribution < -0.4 is 5.32 Å². The Bertz CT molecular complexity index is 538. The maximum Gasteiger partial charge on any atom is 0.247 e. The second kappa shape index (κ2) is 6.94. The summed E-state index contributed by atoms with van der Waals surface area (Å²) in [5, 5.41) is 12.5. The molecule has 1 aliphatic rings. The van der Waals surface area contributed by atoms with Crippen molar-refractivity contribution in [3.05, 3.63) is 33.8 Å². The molecule has 1 aromatic carbocycles. The highest BCUT2D eigenvalue weighted by molar-refractivity contribution is 6.42. The Kier molecular flexibility index (Phi) is 5.24. The molecule has 0 aliphatic heterocycles. The third kappa shape index (κ3) is 4.38. The minimum absolute atomic E-state index is 0.0317. The van der Waals surface area contributed by atoms with Gasteiger partial charge >= 0.3 is 0 Å². The third-order valence-corrected chi connectivity index (χ3v) is 3.73. The topological polar surface area (TPSA) is 62.1 Å². The zero-order chi connectivity index (χ0) is 14.5. The molecule has 20 heavy (non-hydrogen) atoms. The van der Waals surface area contributed by atoms with E-state index < -0.39 is 6.04 Å². The monoisotopic (exact) mass is 312 g/mol. The maximum absolute atomic E-state index is 11.7. The molecule has 0 heterocycles. The van der Waals surface area contributed by atoms with Crippen molar-refractivity contribution in [2.45, 2.75) is 18.9 Å². The lowest BCUT2D eigenvalue weighted by Gasteiger charge is -2.13. The van der Waals surface area contributed by atoms with Gasteiger partial charge in [-0.3, -0.25) is 4.79 Å². The summed E-state index contributed by atoms with van der Waals surface area (Å²) in [6, 6.07) is 6.09. The summed E-state index contributed by atoms with van der Waals surface area (Å²) in [6.45, 7) is 0.577. The number of rotatable bonds is 6. The van der Waals surface area contributed by atoms with Crippen LogP contribution in [0, 0.1) is 17.2 Å². The highest BCUT2D eigenvalue weighted by Gasteiger charge is 2.22. The smallest absolute Gasteiger partial charge is 0.247 e. The molecule has 1 fully saturated rings. The molecular weight excluding hydrogens is 299 g/mol. The molecule has 1 amide bonds. The summed E-state index contributed by atoms with van der Waals surface area (Å²) in [6.07, 6.45) is 2.34. The number of hydrogen-bond acceptors (Lipinski definition) is 3. The van der Waals surface area contributed by atoms with E-state index in [1.807, 2.05) is 6.07 Å². The van der Waals surface area contributed by atoms with Gasteiger partial charge in [0.15, 0.2) is 0 Å². The normalized spacial score (nSPS) is 15.4. The first-order valence-corrected chi connectivity index (χ1v) is 7.07. The van der Waals surface area contributed by atoms with Gasteiger partial charge in [-0.15, -0.1) is 0 Å². The second-order valence-electron chi connectivity index (χ2n) is 4.76. The van der Waals surface area contributed by atoms with Crippen LogP contribution in [0.3, 0.4) is 0 Å². The Balaban J connectivity index is 1.88. The van der Waals surface area contributed by atoms with Crippen molar-refractivity contribution in [2.75, 3.05) is 13.2 Å². The molecule has 106 valence electrons. The summed E-state index contributed by atoms with van der Waals surface area (Å²) in [4.78, 5) is 11.7.